The third-order valence-corrected chi connectivity index (χ3v) is 5.46. The second kappa shape index (κ2) is 10.3. The van der Waals surface area contributed by atoms with Gasteiger partial charge < -0.3 is 15.5 Å². The molecule has 0 spiro atoms. The molecule has 152 valence electrons. The highest BCUT2D eigenvalue weighted by atomic mass is 19.4. The van der Waals surface area contributed by atoms with E-state index in [2.05, 4.69) is 27.6 Å². The Morgan fingerprint density at radius 1 is 1.08 bits per heavy atom. The molecule has 0 saturated carbocycles. The number of nitrogens with one attached hydrogen (secondary N) is 2. The minimum Gasteiger partial charge on any atom is -0.356 e. The fraction of sp³-hybridized carbons (Fsp3) is 0.944. The third-order valence-electron chi connectivity index (χ3n) is 5.46. The first-order valence-corrected chi connectivity index (χ1v) is 9.78. The first kappa shape index (κ1) is 21.3. The normalized spacial score (nSPS) is 24.7. The van der Waals surface area contributed by atoms with Crippen LogP contribution in [-0.2, 0) is 0 Å². The Hall–Kier alpha value is -1.02. The van der Waals surface area contributed by atoms with Gasteiger partial charge in [0, 0.05) is 26.7 Å². The summed E-state index contributed by atoms with van der Waals surface area (Å²) in [6.07, 6.45) is 1.09. The molecule has 0 bridgehead atoms. The van der Waals surface area contributed by atoms with Crippen LogP contribution in [0.3, 0.4) is 0 Å². The van der Waals surface area contributed by atoms with Crippen LogP contribution in [0.2, 0.25) is 0 Å². The van der Waals surface area contributed by atoms with E-state index in [9.17, 15) is 13.2 Å². The predicted molar refractivity (Wildman–Crippen MR) is 99.4 cm³/mol. The van der Waals surface area contributed by atoms with Gasteiger partial charge in [-0.3, -0.25) is 9.89 Å². The molecule has 2 saturated heterocycles. The van der Waals surface area contributed by atoms with Crippen molar-refractivity contribution in [2.24, 2.45) is 16.8 Å². The highest BCUT2D eigenvalue weighted by molar-refractivity contribution is 5.79. The van der Waals surface area contributed by atoms with E-state index in [1.165, 1.54) is 24.3 Å². The van der Waals surface area contributed by atoms with Crippen LogP contribution < -0.4 is 10.6 Å². The first-order valence-electron chi connectivity index (χ1n) is 9.78. The molecule has 2 rings (SSSR count). The summed E-state index contributed by atoms with van der Waals surface area (Å²) in [6.45, 7) is 4.38. The van der Waals surface area contributed by atoms with Crippen molar-refractivity contribution in [2.45, 2.75) is 38.3 Å². The molecule has 2 heterocycles. The Morgan fingerprint density at radius 3 is 2.42 bits per heavy atom. The van der Waals surface area contributed by atoms with Crippen LogP contribution in [0.15, 0.2) is 4.99 Å². The molecule has 0 radical (unpaired) electrons. The van der Waals surface area contributed by atoms with E-state index in [0.717, 1.165) is 44.9 Å². The minimum absolute atomic E-state index is 0.497. The number of guanidine groups is 1. The number of nitrogens with zero attached hydrogens (tertiary/aromatic N) is 3. The molecular formula is C18H34F3N5. The van der Waals surface area contributed by atoms with Crippen molar-refractivity contribution in [3.05, 3.63) is 0 Å². The van der Waals surface area contributed by atoms with Gasteiger partial charge in [-0.25, -0.2) is 0 Å². The van der Waals surface area contributed by atoms with Crippen LogP contribution >= 0.6 is 0 Å². The fourth-order valence-corrected chi connectivity index (χ4v) is 3.98. The highest BCUT2D eigenvalue weighted by Gasteiger charge is 2.32. The van der Waals surface area contributed by atoms with Crippen LogP contribution in [0.25, 0.3) is 0 Å². The number of alkyl halides is 3. The molecular weight excluding hydrogens is 343 g/mol. The van der Waals surface area contributed by atoms with E-state index in [1.807, 2.05) is 0 Å². The van der Waals surface area contributed by atoms with Crippen molar-refractivity contribution in [1.82, 2.24) is 20.4 Å². The van der Waals surface area contributed by atoms with Crippen molar-refractivity contribution in [3.8, 4) is 0 Å². The Balaban J connectivity index is 1.58. The minimum atomic E-state index is -4.08. The fourth-order valence-electron chi connectivity index (χ4n) is 3.98. The summed E-state index contributed by atoms with van der Waals surface area (Å²) in [5.74, 6) is 1.98. The second-order valence-corrected chi connectivity index (χ2v) is 7.77. The largest absolute Gasteiger partial charge is 0.401 e. The molecule has 1 unspecified atom stereocenters. The molecule has 2 aliphatic rings. The maximum absolute atomic E-state index is 12.4. The maximum atomic E-state index is 12.4. The topological polar surface area (TPSA) is 42.9 Å². The number of halogens is 3. The van der Waals surface area contributed by atoms with Crippen LogP contribution in [-0.4, -0.2) is 81.8 Å². The number of likely N-dealkylation sites (tertiary alicyclic amines) is 2. The van der Waals surface area contributed by atoms with Crippen molar-refractivity contribution in [2.75, 3.05) is 59.9 Å². The SMILES string of the molecule is CN=C(NCCC1CCN(CC(F)(F)F)CC1)NCC1CCCN(C)C1. The van der Waals surface area contributed by atoms with Crippen molar-refractivity contribution in [1.29, 1.82) is 0 Å². The van der Waals surface area contributed by atoms with Crippen LogP contribution in [0.1, 0.15) is 32.1 Å². The molecule has 2 N–H and O–H groups in total. The van der Waals surface area contributed by atoms with Crippen LogP contribution in [0.5, 0.6) is 0 Å². The lowest BCUT2D eigenvalue weighted by Crippen LogP contribution is -2.44. The van der Waals surface area contributed by atoms with Gasteiger partial charge in [-0.15, -0.1) is 0 Å². The zero-order valence-electron chi connectivity index (χ0n) is 16.1. The van der Waals surface area contributed by atoms with Crippen molar-refractivity contribution >= 4 is 5.96 Å². The smallest absolute Gasteiger partial charge is 0.356 e. The molecule has 1 atom stereocenters. The summed E-state index contributed by atoms with van der Waals surface area (Å²) in [5, 5.41) is 6.76. The number of aliphatic imine (C=N–C) groups is 1. The molecule has 0 aliphatic carbocycles. The first-order chi connectivity index (χ1) is 12.4. The van der Waals surface area contributed by atoms with E-state index < -0.39 is 12.7 Å². The number of hydrogen-bond donors (Lipinski definition) is 2. The molecule has 0 aromatic rings. The van der Waals surface area contributed by atoms with E-state index in [-0.39, 0.29) is 0 Å². The summed E-state index contributed by atoms with van der Waals surface area (Å²) in [4.78, 5) is 8.17. The number of hydrogen-bond acceptors (Lipinski definition) is 3. The maximum Gasteiger partial charge on any atom is 0.401 e. The summed E-state index contributed by atoms with van der Waals surface area (Å²) < 4.78 is 37.3. The van der Waals surface area contributed by atoms with Gasteiger partial charge in [-0.2, -0.15) is 13.2 Å². The molecule has 0 aromatic carbocycles. The lowest BCUT2D eigenvalue weighted by Gasteiger charge is -2.32. The van der Waals surface area contributed by atoms with Gasteiger partial charge in [0.15, 0.2) is 5.96 Å². The summed E-state index contributed by atoms with van der Waals surface area (Å²) >= 11 is 0. The highest BCUT2D eigenvalue weighted by Crippen LogP contribution is 2.24. The quantitative estimate of drug-likeness (QED) is 0.550. The Labute approximate surface area is 155 Å². The van der Waals surface area contributed by atoms with Gasteiger partial charge in [0.25, 0.3) is 0 Å². The molecule has 0 amide bonds. The predicted octanol–water partition coefficient (Wildman–Crippen LogP) is 2.16. The Bertz CT molecular complexity index is 433. The standard InChI is InChI=1S/C18H34F3N5/c1-22-17(24-12-16-4-3-9-25(2)13-16)23-8-5-15-6-10-26(11-7-15)14-18(19,20)21/h15-16H,3-14H2,1-2H3,(H2,22,23,24). The molecule has 2 fully saturated rings. The lowest BCUT2D eigenvalue weighted by atomic mass is 9.93. The molecule has 0 aromatic heterocycles. The van der Waals surface area contributed by atoms with Gasteiger partial charge in [0.2, 0.25) is 0 Å². The Morgan fingerprint density at radius 2 is 1.81 bits per heavy atom. The number of piperidine rings is 2. The van der Waals surface area contributed by atoms with Gasteiger partial charge >= 0.3 is 6.18 Å². The van der Waals surface area contributed by atoms with Gasteiger partial charge in [-0.05, 0) is 70.6 Å². The monoisotopic (exact) mass is 377 g/mol. The van der Waals surface area contributed by atoms with E-state index in [1.54, 1.807) is 7.05 Å². The lowest BCUT2D eigenvalue weighted by molar-refractivity contribution is -0.148. The molecule has 8 heteroatoms. The van der Waals surface area contributed by atoms with Gasteiger partial charge in [0.1, 0.15) is 0 Å². The molecule has 26 heavy (non-hydrogen) atoms. The Kier molecular flexibility index (Phi) is 8.47. The average Bonchev–Trinajstić information content (AvgIpc) is 2.58. The third kappa shape index (κ3) is 8.12. The average molecular weight is 377 g/mol. The molecule has 5 nitrogen and oxygen atoms in total. The zero-order chi connectivity index (χ0) is 19.0. The van der Waals surface area contributed by atoms with Crippen LogP contribution in [0.4, 0.5) is 13.2 Å². The van der Waals surface area contributed by atoms with Crippen LogP contribution in [0, 0.1) is 11.8 Å². The van der Waals surface area contributed by atoms with Gasteiger partial charge in [0.05, 0.1) is 6.54 Å². The molecule has 2 aliphatic heterocycles. The zero-order valence-corrected chi connectivity index (χ0v) is 16.1. The van der Waals surface area contributed by atoms with E-state index in [0.29, 0.717) is 24.9 Å². The van der Waals surface area contributed by atoms with Crippen molar-refractivity contribution in [3.63, 3.8) is 0 Å². The second-order valence-electron chi connectivity index (χ2n) is 7.77. The van der Waals surface area contributed by atoms with E-state index in [4.69, 9.17) is 0 Å². The summed E-state index contributed by atoms with van der Waals surface area (Å²) in [6, 6.07) is 0. The van der Waals surface area contributed by atoms with Gasteiger partial charge in [-0.1, -0.05) is 0 Å². The summed E-state index contributed by atoms with van der Waals surface area (Å²) in [7, 11) is 3.94. The number of rotatable bonds is 6. The summed E-state index contributed by atoms with van der Waals surface area (Å²) in [5.41, 5.74) is 0. The van der Waals surface area contributed by atoms with E-state index >= 15 is 0 Å². The van der Waals surface area contributed by atoms with Crippen molar-refractivity contribution < 1.29 is 13.2 Å².